The first-order valence-corrected chi connectivity index (χ1v) is 7.41. The Balaban J connectivity index is 3.23. The maximum Gasteiger partial charge on any atom is 0.418 e. The van der Waals surface area contributed by atoms with Gasteiger partial charge in [0.1, 0.15) is 5.25 Å². The van der Waals surface area contributed by atoms with Crippen LogP contribution in [-0.2, 0) is 16.2 Å². The van der Waals surface area contributed by atoms with Gasteiger partial charge in [-0.05, 0) is 25.1 Å². The number of hydrogen-bond donors (Lipinski definition) is 2. The average molecular weight is 362 g/mol. The van der Waals surface area contributed by atoms with Crippen molar-refractivity contribution in [2.45, 2.75) is 18.3 Å². The van der Waals surface area contributed by atoms with Gasteiger partial charge in [-0.15, -0.1) is 0 Å². The second-order valence-electron chi connectivity index (χ2n) is 3.83. The first kappa shape index (κ1) is 16.3. The van der Waals surface area contributed by atoms with Crippen molar-refractivity contribution in [2.24, 2.45) is 0 Å². The highest BCUT2D eigenvalue weighted by Crippen LogP contribution is 2.37. The molecule has 108 valence electrons. The molecule has 0 saturated heterocycles. The Bertz CT molecular complexity index is 560. The molecule has 0 heterocycles. The summed E-state index contributed by atoms with van der Waals surface area (Å²) in [5.74, 6) is 0. The number of sulfonamides is 1. The summed E-state index contributed by atoms with van der Waals surface area (Å²) >= 11 is 2.89. The Hall–Kier alpha value is -0.800. The third-order valence-corrected chi connectivity index (χ3v) is 4.53. The van der Waals surface area contributed by atoms with Crippen molar-refractivity contribution in [2.75, 3.05) is 11.3 Å². The monoisotopic (exact) mass is 361 g/mol. The number of aliphatic hydroxyl groups excluding tert-OH is 1. The summed E-state index contributed by atoms with van der Waals surface area (Å²) < 4.78 is 63.7. The van der Waals surface area contributed by atoms with Gasteiger partial charge in [0.15, 0.2) is 0 Å². The highest BCUT2D eigenvalue weighted by molar-refractivity contribution is 9.10. The van der Waals surface area contributed by atoms with Crippen molar-refractivity contribution in [3.63, 3.8) is 0 Å². The van der Waals surface area contributed by atoms with E-state index in [9.17, 15) is 21.6 Å². The van der Waals surface area contributed by atoms with Gasteiger partial charge >= 0.3 is 6.18 Å². The topological polar surface area (TPSA) is 66.4 Å². The zero-order valence-electron chi connectivity index (χ0n) is 9.70. The third-order valence-electron chi connectivity index (χ3n) is 2.33. The van der Waals surface area contributed by atoms with Crippen molar-refractivity contribution in [3.8, 4) is 0 Å². The molecular weight excluding hydrogens is 351 g/mol. The van der Waals surface area contributed by atoms with E-state index in [1.165, 1.54) is 13.0 Å². The summed E-state index contributed by atoms with van der Waals surface area (Å²) in [6.45, 7) is 0.502. The molecule has 9 heteroatoms. The van der Waals surface area contributed by atoms with Crippen LogP contribution in [0.5, 0.6) is 0 Å². The SMILES string of the molecule is CC(CO)S(=O)(=O)Nc1ccc(Br)cc1C(F)(F)F. The van der Waals surface area contributed by atoms with Gasteiger partial charge in [0.2, 0.25) is 10.0 Å². The Labute approximate surface area is 116 Å². The van der Waals surface area contributed by atoms with Gasteiger partial charge in [0.25, 0.3) is 0 Å². The molecule has 0 aliphatic rings. The zero-order chi connectivity index (χ0) is 14.8. The molecule has 0 amide bonds. The minimum atomic E-state index is -4.69. The predicted molar refractivity (Wildman–Crippen MR) is 68.2 cm³/mol. The van der Waals surface area contributed by atoms with Gasteiger partial charge in [0, 0.05) is 4.47 Å². The van der Waals surface area contributed by atoms with E-state index in [0.29, 0.717) is 0 Å². The maximum absolute atomic E-state index is 12.8. The summed E-state index contributed by atoms with van der Waals surface area (Å²) in [6, 6.07) is 3.08. The predicted octanol–water partition coefficient (Wildman–Crippen LogP) is 2.59. The van der Waals surface area contributed by atoms with Gasteiger partial charge in [0.05, 0.1) is 17.9 Å². The molecule has 0 bridgehead atoms. The summed E-state index contributed by atoms with van der Waals surface area (Å²) in [5.41, 5.74) is -1.67. The van der Waals surface area contributed by atoms with Crippen LogP contribution in [0.25, 0.3) is 0 Å². The largest absolute Gasteiger partial charge is 0.418 e. The minimum Gasteiger partial charge on any atom is -0.395 e. The van der Waals surface area contributed by atoms with Crippen molar-refractivity contribution in [3.05, 3.63) is 28.2 Å². The van der Waals surface area contributed by atoms with Gasteiger partial charge in [-0.3, -0.25) is 4.72 Å². The lowest BCUT2D eigenvalue weighted by atomic mass is 10.2. The Morgan fingerprint density at radius 2 is 2.00 bits per heavy atom. The third kappa shape index (κ3) is 4.08. The fraction of sp³-hybridized carbons (Fsp3) is 0.400. The van der Waals surface area contributed by atoms with Crippen LogP contribution in [0.1, 0.15) is 12.5 Å². The lowest BCUT2D eigenvalue weighted by Crippen LogP contribution is -2.29. The quantitative estimate of drug-likeness (QED) is 0.866. The van der Waals surface area contributed by atoms with E-state index in [0.717, 1.165) is 12.1 Å². The molecule has 2 N–H and O–H groups in total. The van der Waals surface area contributed by atoms with Crippen molar-refractivity contribution < 1.29 is 26.7 Å². The van der Waals surface area contributed by atoms with Crippen LogP contribution in [-0.4, -0.2) is 25.4 Å². The van der Waals surface area contributed by atoms with E-state index >= 15 is 0 Å². The smallest absolute Gasteiger partial charge is 0.395 e. The molecule has 0 aliphatic carbocycles. The molecule has 0 aromatic heterocycles. The average Bonchev–Trinajstić information content (AvgIpc) is 2.28. The van der Waals surface area contributed by atoms with E-state index in [4.69, 9.17) is 5.11 Å². The van der Waals surface area contributed by atoms with Crippen molar-refractivity contribution in [1.82, 2.24) is 0 Å². The number of benzene rings is 1. The lowest BCUT2D eigenvalue weighted by molar-refractivity contribution is -0.136. The van der Waals surface area contributed by atoms with Gasteiger partial charge in [-0.2, -0.15) is 13.2 Å². The number of hydrogen-bond acceptors (Lipinski definition) is 3. The minimum absolute atomic E-state index is 0.179. The second kappa shape index (κ2) is 5.68. The number of alkyl halides is 3. The molecule has 1 aromatic rings. The Morgan fingerprint density at radius 1 is 1.42 bits per heavy atom. The summed E-state index contributed by atoms with van der Waals surface area (Å²) in [7, 11) is -4.07. The van der Waals surface area contributed by atoms with Crippen molar-refractivity contribution in [1.29, 1.82) is 0 Å². The van der Waals surface area contributed by atoms with E-state index in [-0.39, 0.29) is 4.47 Å². The number of anilines is 1. The van der Waals surface area contributed by atoms with Gasteiger partial charge in [-0.25, -0.2) is 8.42 Å². The van der Waals surface area contributed by atoms with Gasteiger partial charge in [-0.1, -0.05) is 15.9 Å². The number of halogens is 4. The summed E-state index contributed by atoms with van der Waals surface area (Å²) in [5, 5.41) is 7.56. The molecule has 0 radical (unpaired) electrons. The van der Waals surface area contributed by atoms with E-state index in [1.54, 1.807) is 0 Å². The van der Waals surface area contributed by atoms with Crippen molar-refractivity contribution >= 4 is 31.6 Å². The molecule has 19 heavy (non-hydrogen) atoms. The molecule has 0 saturated carbocycles. The van der Waals surface area contributed by atoms with E-state index < -0.39 is 39.3 Å². The van der Waals surface area contributed by atoms with Gasteiger partial charge < -0.3 is 5.11 Å². The first-order chi connectivity index (χ1) is 8.58. The Kier molecular flexibility index (Phi) is 4.86. The highest BCUT2D eigenvalue weighted by atomic mass is 79.9. The van der Waals surface area contributed by atoms with E-state index in [2.05, 4.69) is 15.9 Å². The maximum atomic E-state index is 12.8. The van der Waals surface area contributed by atoms with Crippen LogP contribution in [0.2, 0.25) is 0 Å². The number of aliphatic hydroxyl groups is 1. The zero-order valence-corrected chi connectivity index (χ0v) is 12.1. The number of rotatable bonds is 4. The summed E-state index contributed by atoms with van der Waals surface area (Å²) in [6.07, 6.45) is -4.69. The fourth-order valence-corrected chi connectivity index (χ4v) is 2.44. The normalized spacial score (nSPS) is 14.2. The van der Waals surface area contributed by atoms with Crippen LogP contribution < -0.4 is 4.72 Å². The standard InChI is InChI=1S/C10H11BrF3NO3S/c1-6(5-16)19(17,18)15-9-3-2-7(11)4-8(9)10(12,13)14/h2-4,6,15-16H,5H2,1H3. The highest BCUT2D eigenvalue weighted by Gasteiger charge is 2.35. The molecule has 0 aliphatic heterocycles. The molecule has 0 spiro atoms. The first-order valence-electron chi connectivity index (χ1n) is 5.07. The molecule has 0 fully saturated rings. The summed E-state index contributed by atoms with van der Waals surface area (Å²) in [4.78, 5) is 0. The van der Waals surface area contributed by atoms with E-state index in [1.807, 2.05) is 4.72 Å². The molecule has 1 aromatic carbocycles. The van der Waals surface area contributed by atoms with Crippen LogP contribution in [0.15, 0.2) is 22.7 Å². The fourth-order valence-electron chi connectivity index (χ4n) is 1.19. The van der Waals surface area contributed by atoms with Crippen LogP contribution >= 0.6 is 15.9 Å². The molecule has 4 nitrogen and oxygen atoms in total. The lowest BCUT2D eigenvalue weighted by Gasteiger charge is -2.17. The second-order valence-corrected chi connectivity index (χ2v) is 6.84. The van der Waals surface area contributed by atoms with Crippen LogP contribution in [0.4, 0.5) is 18.9 Å². The van der Waals surface area contributed by atoms with Crippen LogP contribution in [0, 0.1) is 0 Å². The molecule has 1 atom stereocenters. The number of nitrogens with one attached hydrogen (secondary N) is 1. The Morgan fingerprint density at radius 3 is 2.47 bits per heavy atom. The molecular formula is C10H11BrF3NO3S. The molecule has 1 unspecified atom stereocenters. The molecule has 1 rings (SSSR count). The van der Waals surface area contributed by atoms with Crippen LogP contribution in [0.3, 0.4) is 0 Å².